The Morgan fingerprint density at radius 3 is 2.18 bits per heavy atom. The number of rotatable bonds is 2. The Kier molecular flexibility index (Phi) is 5.41. The van der Waals surface area contributed by atoms with Crippen LogP contribution >= 0.6 is 0 Å². The third-order valence-corrected chi connectivity index (χ3v) is 2.33. The molecule has 10 heteroatoms. The topological polar surface area (TPSA) is 63.6 Å². The van der Waals surface area contributed by atoms with Crippen molar-refractivity contribution >= 4 is 39.7 Å². The molecular formula is C7H5F4NaO4S. The number of alkyl halides is 3. The van der Waals surface area contributed by atoms with Gasteiger partial charge in [0, 0.05) is 0 Å². The van der Waals surface area contributed by atoms with Gasteiger partial charge in [0.25, 0.3) is 0 Å². The van der Waals surface area contributed by atoms with E-state index in [-0.39, 0.29) is 29.6 Å². The molecule has 0 atom stereocenters. The third kappa shape index (κ3) is 4.80. The summed E-state index contributed by atoms with van der Waals surface area (Å²) in [6, 6.07) is 1.96. The molecule has 0 bridgehead atoms. The molecule has 0 amide bonds. The first-order valence-corrected chi connectivity index (χ1v) is 5.07. The van der Waals surface area contributed by atoms with Gasteiger partial charge in [0.05, 0.1) is 0 Å². The molecule has 0 heterocycles. The van der Waals surface area contributed by atoms with E-state index in [0.717, 1.165) is 6.07 Å². The number of halogens is 4. The van der Waals surface area contributed by atoms with Crippen LogP contribution in [-0.2, 0) is 10.1 Å². The van der Waals surface area contributed by atoms with E-state index >= 15 is 0 Å². The van der Waals surface area contributed by atoms with Gasteiger partial charge in [-0.25, -0.2) is 4.39 Å². The molecule has 92 valence electrons. The molecule has 1 aromatic rings. The van der Waals surface area contributed by atoms with E-state index in [1.54, 1.807) is 0 Å². The van der Waals surface area contributed by atoms with Crippen LogP contribution < -0.4 is 4.74 Å². The molecule has 0 aliphatic heterocycles. The monoisotopic (exact) mass is 284 g/mol. The first-order valence-electron chi connectivity index (χ1n) is 3.63. The van der Waals surface area contributed by atoms with Gasteiger partial charge < -0.3 is 4.74 Å². The third-order valence-electron chi connectivity index (χ3n) is 1.41. The summed E-state index contributed by atoms with van der Waals surface area (Å²) >= 11 is 0. The van der Waals surface area contributed by atoms with E-state index in [0.29, 0.717) is 12.1 Å². The zero-order chi connectivity index (χ0) is 12.6. The van der Waals surface area contributed by atoms with Crippen LogP contribution in [0.5, 0.6) is 5.75 Å². The normalized spacial score (nSPS) is 11.8. The fourth-order valence-electron chi connectivity index (χ4n) is 0.944. The summed E-state index contributed by atoms with van der Waals surface area (Å²) in [5.74, 6) is -2.86. The van der Waals surface area contributed by atoms with E-state index in [9.17, 15) is 26.0 Å². The van der Waals surface area contributed by atoms with Crippen LogP contribution in [0.3, 0.4) is 0 Å². The van der Waals surface area contributed by atoms with Crippen molar-refractivity contribution in [3.63, 3.8) is 0 Å². The summed E-state index contributed by atoms with van der Waals surface area (Å²) in [6.07, 6.45) is -5.19. The molecule has 0 saturated heterocycles. The van der Waals surface area contributed by atoms with Crippen molar-refractivity contribution in [2.24, 2.45) is 0 Å². The van der Waals surface area contributed by atoms with Crippen molar-refractivity contribution in [3.05, 3.63) is 24.0 Å². The molecule has 1 rings (SSSR count). The van der Waals surface area contributed by atoms with Crippen LogP contribution in [0.2, 0.25) is 0 Å². The Bertz CT molecular complexity index is 499. The molecule has 0 aromatic heterocycles. The summed E-state index contributed by atoms with van der Waals surface area (Å²) in [5.41, 5.74) is 0. The predicted molar refractivity (Wildman–Crippen MR) is 50.0 cm³/mol. The molecule has 4 nitrogen and oxygen atoms in total. The summed E-state index contributed by atoms with van der Waals surface area (Å²) in [7, 11) is -5.14. The predicted octanol–water partition coefficient (Wildman–Crippen LogP) is 1.32. The van der Waals surface area contributed by atoms with Crippen LogP contribution in [0, 0.1) is 5.82 Å². The molecule has 0 aliphatic rings. The molecule has 1 N–H and O–H groups in total. The minimum absolute atomic E-state index is 0. The first-order chi connectivity index (χ1) is 7.11. The standard InChI is InChI=1S/C7H4F4O4S.Na.H/c8-4-2-1-3-5(15-7(9,10)11)6(4)16(12,13)14;;/h1-3H,(H,12,13,14);;. The van der Waals surface area contributed by atoms with Crippen molar-refractivity contribution in [1.82, 2.24) is 0 Å². The summed E-state index contributed by atoms with van der Waals surface area (Å²) in [6.45, 7) is 0. The van der Waals surface area contributed by atoms with Gasteiger partial charge in [0.1, 0.15) is 5.82 Å². The maximum absolute atomic E-state index is 12.9. The van der Waals surface area contributed by atoms with Crippen molar-refractivity contribution in [1.29, 1.82) is 0 Å². The molecule has 0 spiro atoms. The molecule has 0 saturated carbocycles. The number of hydrogen-bond acceptors (Lipinski definition) is 3. The van der Waals surface area contributed by atoms with E-state index in [1.807, 2.05) is 0 Å². The molecular weight excluding hydrogens is 279 g/mol. The van der Waals surface area contributed by atoms with Crippen molar-refractivity contribution in [3.8, 4) is 5.75 Å². The van der Waals surface area contributed by atoms with Crippen molar-refractivity contribution in [2.45, 2.75) is 11.3 Å². The average molecular weight is 284 g/mol. The Labute approximate surface area is 116 Å². The summed E-state index contributed by atoms with van der Waals surface area (Å²) < 4.78 is 81.4. The molecule has 0 radical (unpaired) electrons. The summed E-state index contributed by atoms with van der Waals surface area (Å²) in [4.78, 5) is -1.55. The Hall–Kier alpha value is -0.350. The van der Waals surface area contributed by atoms with Gasteiger partial charge in [0.2, 0.25) is 0 Å². The molecule has 0 fully saturated rings. The minimum atomic E-state index is -5.19. The van der Waals surface area contributed by atoms with Crippen molar-refractivity contribution in [2.75, 3.05) is 0 Å². The zero-order valence-electron chi connectivity index (χ0n) is 7.32. The van der Waals surface area contributed by atoms with Gasteiger partial charge in [-0.1, -0.05) is 6.07 Å². The van der Waals surface area contributed by atoms with Crippen LogP contribution in [0.25, 0.3) is 0 Å². The van der Waals surface area contributed by atoms with Crippen LogP contribution in [0.15, 0.2) is 23.1 Å². The van der Waals surface area contributed by atoms with Gasteiger partial charge in [-0.3, -0.25) is 4.55 Å². The fraction of sp³-hybridized carbons (Fsp3) is 0.143. The second-order valence-corrected chi connectivity index (χ2v) is 3.95. The van der Waals surface area contributed by atoms with E-state index in [2.05, 4.69) is 4.74 Å². The molecule has 0 aliphatic carbocycles. The molecule has 0 unspecified atom stereocenters. The quantitative estimate of drug-likeness (QED) is 0.505. The van der Waals surface area contributed by atoms with Gasteiger partial charge in [-0.05, 0) is 12.1 Å². The maximum atomic E-state index is 12.9. The van der Waals surface area contributed by atoms with Gasteiger partial charge in [0.15, 0.2) is 10.6 Å². The van der Waals surface area contributed by atoms with Crippen LogP contribution in [-0.4, -0.2) is 48.9 Å². The molecule has 1 aromatic carbocycles. The Morgan fingerprint density at radius 2 is 1.76 bits per heavy atom. The van der Waals surface area contributed by atoms with Crippen LogP contribution in [0.1, 0.15) is 0 Å². The number of hydrogen-bond donors (Lipinski definition) is 1. The SMILES string of the molecule is O=S(=O)(O)c1c(F)cccc1OC(F)(F)F.[NaH]. The average Bonchev–Trinajstić information content (AvgIpc) is 1.97. The van der Waals surface area contributed by atoms with Gasteiger partial charge in [-0.15, -0.1) is 13.2 Å². The van der Waals surface area contributed by atoms with E-state index in [1.165, 1.54) is 0 Å². The van der Waals surface area contributed by atoms with Crippen molar-refractivity contribution < 1.29 is 35.3 Å². The second-order valence-electron chi connectivity index (χ2n) is 2.59. The Balaban J connectivity index is 0.00000256. The van der Waals surface area contributed by atoms with Gasteiger partial charge in [-0.2, -0.15) is 8.42 Å². The number of benzene rings is 1. The second kappa shape index (κ2) is 5.53. The Morgan fingerprint density at radius 1 is 1.24 bits per heavy atom. The summed E-state index contributed by atoms with van der Waals surface area (Å²) in [5, 5.41) is 0. The molecule has 17 heavy (non-hydrogen) atoms. The number of ether oxygens (including phenoxy) is 1. The first kappa shape index (κ1) is 16.6. The van der Waals surface area contributed by atoms with E-state index in [4.69, 9.17) is 4.55 Å². The van der Waals surface area contributed by atoms with Crippen LogP contribution in [0.4, 0.5) is 17.6 Å². The fourth-order valence-corrected chi connectivity index (χ4v) is 1.62. The zero-order valence-corrected chi connectivity index (χ0v) is 8.14. The van der Waals surface area contributed by atoms with Gasteiger partial charge >= 0.3 is 46.0 Å². The van der Waals surface area contributed by atoms with E-state index < -0.39 is 32.9 Å².